The summed E-state index contributed by atoms with van der Waals surface area (Å²) in [5.41, 5.74) is 1.88. The van der Waals surface area contributed by atoms with Gasteiger partial charge in [0.15, 0.2) is 0 Å². The van der Waals surface area contributed by atoms with Gasteiger partial charge < -0.3 is 9.84 Å². The second-order valence-electron chi connectivity index (χ2n) is 4.41. The van der Waals surface area contributed by atoms with Crippen molar-refractivity contribution < 1.29 is 14.6 Å². The minimum absolute atomic E-state index is 0.0416. The molecule has 0 amide bonds. The van der Waals surface area contributed by atoms with Crippen LogP contribution in [0.3, 0.4) is 0 Å². The molecular weight excluding hydrogens is 320 g/mol. The lowest BCUT2D eigenvalue weighted by Crippen LogP contribution is -2.06. The minimum Gasteiger partial charge on any atom is -0.493 e. The molecule has 0 aliphatic heterocycles. The molecular formula is C16H15BrO3. The smallest absolute Gasteiger partial charge is 0.307 e. The summed E-state index contributed by atoms with van der Waals surface area (Å²) in [5.74, 6) is -0.234. The van der Waals surface area contributed by atoms with Gasteiger partial charge in [-0.05, 0) is 23.8 Å². The van der Waals surface area contributed by atoms with Gasteiger partial charge in [0, 0.05) is 16.5 Å². The van der Waals surface area contributed by atoms with Crippen LogP contribution in [0.2, 0.25) is 0 Å². The summed E-state index contributed by atoms with van der Waals surface area (Å²) in [5, 5.41) is 8.91. The Morgan fingerprint density at radius 1 is 1.15 bits per heavy atom. The van der Waals surface area contributed by atoms with E-state index < -0.39 is 5.97 Å². The van der Waals surface area contributed by atoms with Gasteiger partial charge in [-0.2, -0.15) is 0 Å². The molecule has 2 aromatic rings. The largest absolute Gasteiger partial charge is 0.493 e. The predicted molar refractivity (Wildman–Crippen MR) is 81.1 cm³/mol. The van der Waals surface area contributed by atoms with Crippen LogP contribution in [0.5, 0.6) is 5.75 Å². The molecule has 3 nitrogen and oxygen atoms in total. The Bertz CT molecular complexity index is 582. The standard InChI is InChI=1S/C16H15BrO3/c17-14-6-7-15(13(10-14)11-16(18)19)20-9-8-12-4-2-1-3-5-12/h1-7,10H,8-9,11H2,(H,18,19). The lowest BCUT2D eigenvalue weighted by molar-refractivity contribution is -0.136. The van der Waals surface area contributed by atoms with E-state index >= 15 is 0 Å². The first kappa shape index (κ1) is 14.6. The highest BCUT2D eigenvalue weighted by molar-refractivity contribution is 9.10. The van der Waals surface area contributed by atoms with Crippen molar-refractivity contribution in [3.8, 4) is 5.75 Å². The molecule has 20 heavy (non-hydrogen) atoms. The van der Waals surface area contributed by atoms with Crippen LogP contribution in [0.1, 0.15) is 11.1 Å². The summed E-state index contributed by atoms with van der Waals surface area (Å²) in [6, 6.07) is 15.5. The van der Waals surface area contributed by atoms with Gasteiger partial charge in [-0.1, -0.05) is 46.3 Å². The molecule has 0 spiro atoms. The van der Waals surface area contributed by atoms with Gasteiger partial charge in [0.05, 0.1) is 13.0 Å². The zero-order valence-electron chi connectivity index (χ0n) is 10.9. The Kier molecular flexibility index (Phi) is 5.18. The molecule has 2 rings (SSSR count). The summed E-state index contributed by atoms with van der Waals surface area (Å²) < 4.78 is 6.56. The van der Waals surface area contributed by atoms with Crippen molar-refractivity contribution >= 4 is 21.9 Å². The average molecular weight is 335 g/mol. The Morgan fingerprint density at radius 3 is 2.60 bits per heavy atom. The molecule has 0 bridgehead atoms. The van der Waals surface area contributed by atoms with Crippen LogP contribution >= 0.6 is 15.9 Å². The molecule has 4 heteroatoms. The topological polar surface area (TPSA) is 46.5 Å². The van der Waals surface area contributed by atoms with Crippen molar-refractivity contribution in [3.63, 3.8) is 0 Å². The molecule has 0 aromatic heterocycles. The first-order valence-electron chi connectivity index (χ1n) is 6.32. The fourth-order valence-electron chi connectivity index (χ4n) is 1.91. The number of hydrogen-bond donors (Lipinski definition) is 1. The van der Waals surface area contributed by atoms with E-state index in [4.69, 9.17) is 9.84 Å². The molecule has 0 fully saturated rings. The van der Waals surface area contributed by atoms with E-state index in [-0.39, 0.29) is 6.42 Å². The Hall–Kier alpha value is -1.81. The number of benzene rings is 2. The average Bonchev–Trinajstić information content (AvgIpc) is 2.42. The normalized spacial score (nSPS) is 10.2. The molecule has 0 saturated heterocycles. The maximum atomic E-state index is 10.9. The molecule has 0 radical (unpaired) electrons. The van der Waals surface area contributed by atoms with Gasteiger partial charge >= 0.3 is 5.97 Å². The zero-order valence-corrected chi connectivity index (χ0v) is 12.5. The van der Waals surface area contributed by atoms with Crippen molar-refractivity contribution in [2.75, 3.05) is 6.61 Å². The summed E-state index contributed by atoms with van der Waals surface area (Å²) in [7, 11) is 0. The molecule has 0 unspecified atom stereocenters. The second kappa shape index (κ2) is 7.10. The van der Waals surface area contributed by atoms with Crippen LogP contribution in [0.15, 0.2) is 53.0 Å². The molecule has 2 aromatic carbocycles. The predicted octanol–water partition coefficient (Wildman–Crippen LogP) is 3.70. The van der Waals surface area contributed by atoms with E-state index in [0.717, 1.165) is 10.9 Å². The third-order valence-corrected chi connectivity index (χ3v) is 3.35. The quantitative estimate of drug-likeness (QED) is 0.876. The van der Waals surface area contributed by atoms with Gasteiger partial charge in [-0.25, -0.2) is 0 Å². The third-order valence-electron chi connectivity index (χ3n) is 2.86. The maximum absolute atomic E-state index is 10.9. The highest BCUT2D eigenvalue weighted by Gasteiger charge is 2.08. The van der Waals surface area contributed by atoms with Crippen molar-refractivity contribution in [2.24, 2.45) is 0 Å². The SMILES string of the molecule is O=C(O)Cc1cc(Br)ccc1OCCc1ccccc1. The van der Waals surface area contributed by atoms with Crippen LogP contribution in [0.25, 0.3) is 0 Å². The molecule has 0 aliphatic rings. The molecule has 0 heterocycles. The number of rotatable bonds is 6. The number of aliphatic carboxylic acids is 1. The lowest BCUT2D eigenvalue weighted by atomic mass is 10.1. The summed E-state index contributed by atoms with van der Waals surface area (Å²) in [6.07, 6.45) is 0.753. The Labute approximate surface area is 126 Å². The van der Waals surface area contributed by atoms with Gasteiger partial charge in [-0.3, -0.25) is 4.79 Å². The fraction of sp³-hybridized carbons (Fsp3) is 0.188. The molecule has 1 N–H and O–H groups in total. The van der Waals surface area contributed by atoms with Crippen LogP contribution in [0, 0.1) is 0 Å². The zero-order chi connectivity index (χ0) is 14.4. The third kappa shape index (κ3) is 4.38. The van der Waals surface area contributed by atoms with E-state index in [2.05, 4.69) is 15.9 Å². The summed E-state index contributed by atoms with van der Waals surface area (Å²) in [6.45, 7) is 0.526. The number of hydrogen-bond acceptors (Lipinski definition) is 2. The monoisotopic (exact) mass is 334 g/mol. The Morgan fingerprint density at radius 2 is 1.90 bits per heavy atom. The first-order chi connectivity index (χ1) is 9.65. The van der Waals surface area contributed by atoms with E-state index in [1.54, 1.807) is 12.1 Å². The number of halogens is 1. The van der Waals surface area contributed by atoms with Crippen LogP contribution in [0.4, 0.5) is 0 Å². The highest BCUT2D eigenvalue weighted by Crippen LogP contribution is 2.24. The van der Waals surface area contributed by atoms with E-state index in [9.17, 15) is 4.79 Å². The van der Waals surface area contributed by atoms with Gasteiger partial charge in [-0.15, -0.1) is 0 Å². The number of carboxylic acids is 1. The number of carbonyl (C=O) groups is 1. The molecule has 0 saturated carbocycles. The Balaban J connectivity index is 2.00. The maximum Gasteiger partial charge on any atom is 0.307 e. The summed E-state index contributed by atoms with van der Waals surface area (Å²) in [4.78, 5) is 10.9. The fourth-order valence-corrected chi connectivity index (χ4v) is 2.32. The van der Waals surface area contributed by atoms with Gasteiger partial charge in [0.2, 0.25) is 0 Å². The van der Waals surface area contributed by atoms with Crippen LogP contribution in [-0.4, -0.2) is 17.7 Å². The molecule has 104 valence electrons. The van der Waals surface area contributed by atoms with Gasteiger partial charge in [0.1, 0.15) is 5.75 Å². The van der Waals surface area contributed by atoms with Crippen molar-refractivity contribution in [3.05, 3.63) is 64.1 Å². The second-order valence-corrected chi connectivity index (χ2v) is 5.32. The van der Waals surface area contributed by atoms with Crippen molar-refractivity contribution in [1.82, 2.24) is 0 Å². The van der Waals surface area contributed by atoms with Crippen molar-refractivity contribution in [2.45, 2.75) is 12.8 Å². The van der Waals surface area contributed by atoms with E-state index in [1.165, 1.54) is 5.56 Å². The molecule has 0 aliphatic carbocycles. The highest BCUT2D eigenvalue weighted by atomic mass is 79.9. The number of ether oxygens (including phenoxy) is 1. The molecule has 0 atom stereocenters. The van der Waals surface area contributed by atoms with Crippen LogP contribution < -0.4 is 4.74 Å². The van der Waals surface area contributed by atoms with Gasteiger partial charge in [0.25, 0.3) is 0 Å². The van der Waals surface area contributed by atoms with Crippen molar-refractivity contribution in [1.29, 1.82) is 0 Å². The lowest BCUT2D eigenvalue weighted by Gasteiger charge is -2.11. The summed E-state index contributed by atoms with van der Waals surface area (Å²) >= 11 is 3.34. The van der Waals surface area contributed by atoms with E-state index in [1.807, 2.05) is 36.4 Å². The first-order valence-corrected chi connectivity index (χ1v) is 7.11. The van der Waals surface area contributed by atoms with Crippen LogP contribution in [-0.2, 0) is 17.6 Å². The number of carboxylic acid groups (broad SMARTS) is 1. The van der Waals surface area contributed by atoms with E-state index in [0.29, 0.717) is 17.9 Å². The minimum atomic E-state index is -0.865.